The molecule has 1 saturated carbocycles. The minimum absolute atomic E-state index is 0.0436. The number of rotatable bonds is 9. The monoisotopic (exact) mass is 672 g/mol. The quantitative estimate of drug-likeness (QED) is 0.178. The van der Waals surface area contributed by atoms with Crippen LogP contribution in [0, 0.1) is 21.8 Å². The molecule has 8 nitrogen and oxygen atoms in total. The fraction of sp³-hybridized carbons (Fsp3) is 0.400. The highest BCUT2D eigenvalue weighted by molar-refractivity contribution is 14.1. The van der Waals surface area contributed by atoms with Crippen molar-refractivity contribution in [2.75, 3.05) is 20.3 Å². The normalized spacial score (nSPS) is 18.5. The zero-order chi connectivity index (χ0) is 28.2. The largest absolute Gasteiger partial charge is 0.493 e. The molecule has 0 radical (unpaired) electrons. The molecule has 2 aromatic carbocycles. The zero-order valence-corrected chi connectivity index (χ0v) is 25.9. The Morgan fingerprint density at radius 2 is 1.90 bits per heavy atom. The average Bonchev–Trinajstić information content (AvgIpc) is 3.38. The summed E-state index contributed by atoms with van der Waals surface area (Å²) in [6, 6.07) is 9.93. The molecule has 0 aromatic heterocycles. The van der Waals surface area contributed by atoms with Crippen molar-refractivity contribution in [1.29, 1.82) is 5.41 Å². The number of ether oxygens (including phenoxy) is 3. The number of fused-ring (bicyclic) bond motifs is 1. The Labute approximate surface area is 252 Å². The van der Waals surface area contributed by atoms with E-state index in [9.17, 15) is 4.79 Å². The van der Waals surface area contributed by atoms with Gasteiger partial charge in [0.1, 0.15) is 24.0 Å². The van der Waals surface area contributed by atoms with Crippen molar-refractivity contribution in [2.45, 2.75) is 52.4 Å². The van der Waals surface area contributed by atoms with Crippen LogP contribution in [-0.2, 0) is 11.2 Å². The summed E-state index contributed by atoms with van der Waals surface area (Å²) < 4.78 is 18.4. The summed E-state index contributed by atoms with van der Waals surface area (Å²) in [5.41, 5.74) is 3.32. The molecule has 1 N–H and O–H groups in total. The SMILES string of the molecule is CCc1cc(C)cc(OCCOc2c(I)cc(/C=C3/C(=N)N4N=C(C5CCCCC5)SC4=NC3=O)cc2OC)c1. The topological polar surface area (TPSA) is 96.6 Å². The summed E-state index contributed by atoms with van der Waals surface area (Å²) in [6.07, 6.45) is 8.47. The van der Waals surface area contributed by atoms with Gasteiger partial charge < -0.3 is 14.2 Å². The molecule has 0 saturated heterocycles. The van der Waals surface area contributed by atoms with Gasteiger partial charge in [-0.15, -0.1) is 0 Å². The Balaban J connectivity index is 1.28. The minimum atomic E-state index is -0.433. The van der Waals surface area contributed by atoms with Gasteiger partial charge in [-0.3, -0.25) is 10.2 Å². The maximum atomic E-state index is 12.9. The van der Waals surface area contributed by atoms with Crippen molar-refractivity contribution >= 4 is 62.4 Å². The first-order valence-corrected chi connectivity index (χ1v) is 15.5. The van der Waals surface area contributed by atoms with E-state index in [2.05, 4.69) is 53.6 Å². The zero-order valence-electron chi connectivity index (χ0n) is 23.0. The van der Waals surface area contributed by atoms with Crippen LogP contribution in [0.3, 0.4) is 0 Å². The molecule has 0 bridgehead atoms. The second-order valence-electron chi connectivity index (χ2n) is 10.0. The number of hydrogen-bond donors (Lipinski definition) is 1. The van der Waals surface area contributed by atoms with Crippen molar-refractivity contribution < 1.29 is 19.0 Å². The summed E-state index contributed by atoms with van der Waals surface area (Å²) >= 11 is 3.62. The van der Waals surface area contributed by atoms with E-state index in [1.54, 1.807) is 19.3 Å². The van der Waals surface area contributed by atoms with Crippen LogP contribution in [-0.4, -0.2) is 47.3 Å². The number of carbonyl (C=O) groups excluding carboxylic acids is 1. The smallest absolute Gasteiger partial charge is 0.283 e. The van der Waals surface area contributed by atoms with Gasteiger partial charge in [-0.2, -0.15) is 15.1 Å². The maximum Gasteiger partial charge on any atom is 0.283 e. The summed E-state index contributed by atoms with van der Waals surface area (Å²) in [4.78, 5) is 17.2. The molecule has 5 rings (SSSR count). The molecule has 3 aliphatic rings. The van der Waals surface area contributed by atoms with Gasteiger partial charge in [0.25, 0.3) is 5.91 Å². The number of nitrogens with zero attached hydrogens (tertiary/aromatic N) is 3. The van der Waals surface area contributed by atoms with Crippen LogP contribution >= 0.6 is 34.4 Å². The van der Waals surface area contributed by atoms with E-state index in [4.69, 9.17) is 24.7 Å². The van der Waals surface area contributed by atoms with E-state index in [1.165, 1.54) is 47.2 Å². The molecule has 2 aromatic rings. The van der Waals surface area contributed by atoms with Crippen molar-refractivity contribution in [3.8, 4) is 17.2 Å². The first-order chi connectivity index (χ1) is 19.4. The van der Waals surface area contributed by atoms with Gasteiger partial charge in [-0.25, -0.2) is 0 Å². The number of methoxy groups -OCH3 is 1. The third-order valence-electron chi connectivity index (χ3n) is 7.10. The summed E-state index contributed by atoms with van der Waals surface area (Å²) in [5, 5.41) is 16.4. The Bertz CT molecular complexity index is 1410. The van der Waals surface area contributed by atoms with Gasteiger partial charge >= 0.3 is 0 Å². The van der Waals surface area contributed by atoms with E-state index in [-0.39, 0.29) is 11.4 Å². The van der Waals surface area contributed by atoms with Crippen LogP contribution in [0.1, 0.15) is 55.7 Å². The van der Waals surface area contributed by atoms with E-state index < -0.39 is 5.91 Å². The molecule has 40 heavy (non-hydrogen) atoms. The minimum Gasteiger partial charge on any atom is -0.493 e. The van der Waals surface area contributed by atoms with Gasteiger partial charge in [0.05, 0.1) is 16.3 Å². The number of hydrogen-bond acceptors (Lipinski definition) is 7. The first-order valence-electron chi connectivity index (χ1n) is 13.6. The standard InChI is InChI=1S/C30H33IN4O4S/c1-4-19-12-18(2)13-22(14-19)38-10-11-39-26-24(31)16-20(17-25(26)37-3)15-23-27(32)35-30(33-28(23)36)40-29(34-35)21-8-6-5-7-9-21/h12-17,21,32H,4-11H2,1-3H3/b23-15-,32-27?. The van der Waals surface area contributed by atoms with E-state index >= 15 is 0 Å². The van der Waals surface area contributed by atoms with E-state index in [0.29, 0.717) is 41.4 Å². The van der Waals surface area contributed by atoms with E-state index in [1.807, 2.05) is 12.1 Å². The molecule has 1 fully saturated rings. The van der Waals surface area contributed by atoms with Crippen molar-refractivity contribution in [3.63, 3.8) is 0 Å². The Kier molecular flexibility index (Phi) is 9.14. The number of aryl methyl sites for hydroxylation is 2. The van der Waals surface area contributed by atoms with Crippen LogP contribution in [0.5, 0.6) is 17.2 Å². The summed E-state index contributed by atoms with van der Waals surface area (Å²) in [6.45, 7) is 4.92. The number of benzene rings is 2. The highest BCUT2D eigenvalue weighted by Crippen LogP contribution is 2.38. The number of aliphatic imine (C=N–C) groups is 1. The summed E-state index contributed by atoms with van der Waals surface area (Å²) in [7, 11) is 1.58. The maximum absolute atomic E-state index is 12.9. The van der Waals surface area contributed by atoms with Gasteiger partial charge in [0, 0.05) is 5.92 Å². The lowest BCUT2D eigenvalue weighted by atomic mass is 9.90. The number of nitrogens with one attached hydrogen (secondary N) is 1. The molecule has 1 amide bonds. The number of thioether (sulfide) groups is 1. The Hall–Kier alpha value is -2.86. The van der Waals surface area contributed by atoms with Gasteiger partial charge in [0.2, 0.25) is 5.17 Å². The molecule has 0 atom stereocenters. The van der Waals surface area contributed by atoms with Gasteiger partial charge in [0.15, 0.2) is 17.3 Å². The first kappa shape index (κ1) is 28.7. The summed E-state index contributed by atoms with van der Waals surface area (Å²) in [5.74, 6) is 1.98. The lowest BCUT2D eigenvalue weighted by Gasteiger charge is -2.20. The molecular weight excluding hydrogens is 639 g/mol. The Morgan fingerprint density at radius 3 is 2.65 bits per heavy atom. The van der Waals surface area contributed by atoms with Crippen LogP contribution < -0.4 is 14.2 Å². The number of amidine groups is 2. The highest BCUT2D eigenvalue weighted by Gasteiger charge is 2.38. The lowest BCUT2D eigenvalue weighted by molar-refractivity contribution is -0.114. The second kappa shape index (κ2) is 12.8. The fourth-order valence-electron chi connectivity index (χ4n) is 5.07. The van der Waals surface area contributed by atoms with Crippen molar-refractivity contribution in [2.24, 2.45) is 16.0 Å². The third kappa shape index (κ3) is 6.38. The van der Waals surface area contributed by atoms with E-state index in [0.717, 1.165) is 33.6 Å². The third-order valence-corrected chi connectivity index (χ3v) is 8.98. The molecular formula is C30H33IN4O4S. The van der Waals surface area contributed by atoms with Crippen molar-refractivity contribution in [1.82, 2.24) is 5.01 Å². The fourth-order valence-corrected chi connectivity index (χ4v) is 6.91. The predicted molar refractivity (Wildman–Crippen MR) is 169 cm³/mol. The molecule has 2 heterocycles. The molecule has 0 spiro atoms. The molecule has 2 aliphatic heterocycles. The van der Waals surface area contributed by atoms with Crippen LogP contribution in [0.25, 0.3) is 6.08 Å². The Morgan fingerprint density at radius 1 is 1.12 bits per heavy atom. The molecule has 1 aliphatic carbocycles. The number of carbonyl (C=O) groups is 1. The molecule has 10 heteroatoms. The lowest BCUT2D eigenvalue weighted by Crippen LogP contribution is -2.35. The van der Waals surface area contributed by atoms with Gasteiger partial charge in [-0.1, -0.05) is 32.3 Å². The highest BCUT2D eigenvalue weighted by atomic mass is 127. The van der Waals surface area contributed by atoms with Crippen LogP contribution in [0.2, 0.25) is 0 Å². The van der Waals surface area contributed by atoms with Gasteiger partial charge in [-0.05, 0) is 108 Å². The number of amides is 1. The van der Waals surface area contributed by atoms with Crippen LogP contribution in [0.15, 0.2) is 46.0 Å². The second-order valence-corrected chi connectivity index (χ2v) is 12.2. The van der Waals surface area contributed by atoms with Crippen molar-refractivity contribution in [3.05, 3.63) is 56.2 Å². The number of halogens is 1. The predicted octanol–water partition coefficient (Wildman–Crippen LogP) is 6.83. The number of hydrazone groups is 1. The average molecular weight is 673 g/mol. The van der Waals surface area contributed by atoms with Crippen LogP contribution in [0.4, 0.5) is 0 Å². The molecule has 210 valence electrons. The molecule has 0 unspecified atom stereocenters.